The molecule has 0 aliphatic carbocycles. The second-order valence-corrected chi connectivity index (χ2v) is 4.67. The monoisotopic (exact) mass is 251 g/mol. The van der Waals surface area contributed by atoms with Gasteiger partial charge in [-0.1, -0.05) is 6.07 Å². The molecule has 18 heavy (non-hydrogen) atoms. The second-order valence-electron chi connectivity index (χ2n) is 4.67. The maximum Gasteiger partial charge on any atom is 0.0891 e. The summed E-state index contributed by atoms with van der Waals surface area (Å²) in [6.45, 7) is 1.44. The summed E-state index contributed by atoms with van der Waals surface area (Å²) in [5.74, 6) is 5.72. The van der Waals surface area contributed by atoms with E-state index in [1.54, 1.807) is 13.3 Å². The molecular weight excluding hydrogens is 230 g/mol. The maximum atomic E-state index is 5.76. The highest BCUT2D eigenvalue weighted by molar-refractivity contribution is 5.12. The van der Waals surface area contributed by atoms with Crippen molar-refractivity contribution < 1.29 is 9.47 Å². The topological polar surface area (TPSA) is 69.4 Å². The summed E-state index contributed by atoms with van der Waals surface area (Å²) in [5, 5.41) is 0. The first kappa shape index (κ1) is 13.4. The SMILES string of the molecule is COC1(C(Cc2cccnc2)NN)CCOCC1. The van der Waals surface area contributed by atoms with Gasteiger partial charge >= 0.3 is 0 Å². The fraction of sp³-hybridized carbons (Fsp3) is 0.615. The van der Waals surface area contributed by atoms with Crippen LogP contribution < -0.4 is 11.3 Å². The normalized spacial score (nSPS) is 20.6. The molecule has 2 rings (SSSR count). The average molecular weight is 251 g/mol. The van der Waals surface area contributed by atoms with E-state index < -0.39 is 0 Å². The van der Waals surface area contributed by atoms with E-state index in [0.717, 1.165) is 38.0 Å². The number of nitrogens with two attached hydrogens (primary N) is 1. The lowest BCUT2D eigenvalue weighted by atomic mass is 9.83. The Balaban J connectivity index is 2.11. The van der Waals surface area contributed by atoms with Crippen LogP contribution in [0.3, 0.4) is 0 Å². The molecule has 0 radical (unpaired) electrons. The van der Waals surface area contributed by atoms with Crippen LogP contribution in [0.5, 0.6) is 0 Å². The van der Waals surface area contributed by atoms with Crippen molar-refractivity contribution in [3.63, 3.8) is 0 Å². The fourth-order valence-corrected chi connectivity index (χ4v) is 2.56. The van der Waals surface area contributed by atoms with Gasteiger partial charge in [0, 0.05) is 45.6 Å². The summed E-state index contributed by atoms with van der Waals surface area (Å²) in [6.07, 6.45) is 6.16. The summed E-state index contributed by atoms with van der Waals surface area (Å²) >= 11 is 0. The minimum Gasteiger partial charge on any atom is -0.381 e. The number of hydrogen-bond donors (Lipinski definition) is 2. The predicted octanol–water partition coefficient (Wildman–Crippen LogP) is 0.652. The molecule has 1 unspecified atom stereocenters. The molecule has 1 fully saturated rings. The quantitative estimate of drug-likeness (QED) is 0.594. The Labute approximate surface area is 108 Å². The summed E-state index contributed by atoms with van der Waals surface area (Å²) in [7, 11) is 1.75. The highest BCUT2D eigenvalue weighted by Crippen LogP contribution is 2.29. The Morgan fingerprint density at radius 1 is 1.56 bits per heavy atom. The average Bonchev–Trinajstić information content (AvgIpc) is 2.46. The highest BCUT2D eigenvalue weighted by Gasteiger charge is 2.40. The molecule has 0 saturated carbocycles. The van der Waals surface area contributed by atoms with Crippen LogP contribution in [0.4, 0.5) is 0 Å². The van der Waals surface area contributed by atoms with Crippen LogP contribution in [0, 0.1) is 0 Å². The highest BCUT2D eigenvalue weighted by atomic mass is 16.5. The van der Waals surface area contributed by atoms with E-state index in [2.05, 4.69) is 16.5 Å². The lowest BCUT2D eigenvalue weighted by molar-refractivity contribution is -0.110. The molecule has 0 amide bonds. The van der Waals surface area contributed by atoms with Gasteiger partial charge in [-0.25, -0.2) is 0 Å². The van der Waals surface area contributed by atoms with E-state index in [9.17, 15) is 0 Å². The Morgan fingerprint density at radius 3 is 2.89 bits per heavy atom. The van der Waals surface area contributed by atoms with Crippen LogP contribution in [0.15, 0.2) is 24.5 Å². The molecule has 5 heteroatoms. The molecule has 3 N–H and O–H groups in total. The molecule has 1 aromatic rings. The minimum absolute atomic E-state index is 0.0654. The van der Waals surface area contributed by atoms with Gasteiger partial charge in [-0.3, -0.25) is 16.3 Å². The first-order chi connectivity index (χ1) is 8.80. The standard InChI is InChI=1S/C13H21N3O2/c1-17-13(4-7-18-8-5-13)12(16-14)9-11-3-2-6-15-10-11/h2-3,6,10,12,16H,4-5,7-9,14H2,1H3. The molecule has 0 spiro atoms. The van der Waals surface area contributed by atoms with Crippen molar-refractivity contribution in [1.82, 2.24) is 10.4 Å². The number of pyridine rings is 1. The van der Waals surface area contributed by atoms with Crippen molar-refractivity contribution in [2.24, 2.45) is 5.84 Å². The van der Waals surface area contributed by atoms with Gasteiger partial charge in [-0.2, -0.15) is 0 Å². The molecule has 0 bridgehead atoms. The summed E-state index contributed by atoms with van der Waals surface area (Å²) < 4.78 is 11.2. The Hall–Kier alpha value is -1.01. The van der Waals surface area contributed by atoms with Gasteiger partial charge in [0.25, 0.3) is 0 Å². The van der Waals surface area contributed by atoms with Crippen molar-refractivity contribution >= 4 is 0 Å². The lowest BCUT2D eigenvalue weighted by Crippen LogP contribution is -2.58. The first-order valence-corrected chi connectivity index (χ1v) is 6.29. The van der Waals surface area contributed by atoms with E-state index in [1.165, 1.54) is 0 Å². The van der Waals surface area contributed by atoms with Crippen molar-refractivity contribution in [3.05, 3.63) is 30.1 Å². The molecule has 1 aromatic heterocycles. The van der Waals surface area contributed by atoms with Crippen molar-refractivity contribution in [2.75, 3.05) is 20.3 Å². The number of nitrogens with zero attached hydrogens (tertiary/aromatic N) is 1. The molecule has 1 aliphatic rings. The number of methoxy groups -OCH3 is 1. The van der Waals surface area contributed by atoms with Gasteiger partial charge in [0.2, 0.25) is 0 Å². The van der Waals surface area contributed by atoms with Crippen molar-refractivity contribution in [1.29, 1.82) is 0 Å². The zero-order valence-electron chi connectivity index (χ0n) is 10.8. The number of nitrogens with one attached hydrogen (secondary N) is 1. The van der Waals surface area contributed by atoms with Crippen molar-refractivity contribution in [2.45, 2.75) is 30.9 Å². The third-order valence-corrected chi connectivity index (χ3v) is 3.74. The van der Waals surface area contributed by atoms with Gasteiger partial charge < -0.3 is 9.47 Å². The number of aromatic nitrogens is 1. The van der Waals surface area contributed by atoms with E-state index in [4.69, 9.17) is 15.3 Å². The van der Waals surface area contributed by atoms with Gasteiger partial charge in [0.1, 0.15) is 0 Å². The Kier molecular flexibility index (Phi) is 4.66. The van der Waals surface area contributed by atoms with Gasteiger partial charge in [0.15, 0.2) is 0 Å². The molecule has 1 saturated heterocycles. The van der Waals surface area contributed by atoms with Crippen LogP contribution in [-0.4, -0.2) is 37.0 Å². The molecule has 1 atom stereocenters. The number of ether oxygens (including phenoxy) is 2. The summed E-state index contributed by atoms with van der Waals surface area (Å²) in [6, 6.07) is 4.06. The van der Waals surface area contributed by atoms with Crippen LogP contribution in [-0.2, 0) is 15.9 Å². The minimum atomic E-state index is -0.247. The van der Waals surface area contributed by atoms with Crippen LogP contribution in [0.2, 0.25) is 0 Å². The predicted molar refractivity (Wildman–Crippen MR) is 68.8 cm³/mol. The Morgan fingerprint density at radius 2 is 2.33 bits per heavy atom. The molecule has 100 valence electrons. The number of hydrogen-bond acceptors (Lipinski definition) is 5. The zero-order valence-corrected chi connectivity index (χ0v) is 10.8. The first-order valence-electron chi connectivity index (χ1n) is 6.29. The maximum absolute atomic E-state index is 5.76. The third kappa shape index (κ3) is 2.87. The molecule has 0 aromatic carbocycles. The van der Waals surface area contributed by atoms with Crippen LogP contribution in [0.25, 0.3) is 0 Å². The molecule has 2 heterocycles. The van der Waals surface area contributed by atoms with E-state index >= 15 is 0 Å². The molecule has 1 aliphatic heterocycles. The van der Waals surface area contributed by atoms with Gasteiger partial charge in [-0.05, 0) is 18.1 Å². The van der Waals surface area contributed by atoms with Crippen molar-refractivity contribution in [3.8, 4) is 0 Å². The number of rotatable bonds is 5. The molecular formula is C13H21N3O2. The lowest BCUT2D eigenvalue weighted by Gasteiger charge is -2.42. The largest absolute Gasteiger partial charge is 0.381 e. The summed E-state index contributed by atoms with van der Waals surface area (Å²) in [5.41, 5.74) is 3.81. The Bertz CT molecular complexity index is 353. The van der Waals surface area contributed by atoms with E-state index in [-0.39, 0.29) is 11.6 Å². The molecule has 5 nitrogen and oxygen atoms in total. The fourth-order valence-electron chi connectivity index (χ4n) is 2.56. The zero-order chi connectivity index (χ0) is 12.8. The van der Waals surface area contributed by atoms with E-state index in [1.807, 2.05) is 12.3 Å². The van der Waals surface area contributed by atoms with Crippen LogP contribution >= 0.6 is 0 Å². The summed E-state index contributed by atoms with van der Waals surface area (Å²) in [4.78, 5) is 4.13. The third-order valence-electron chi connectivity index (χ3n) is 3.74. The second kappa shape index (κ2) is 6.24. The number of hydrazine groups is 1. The smallest absolute Gasteiger partial charge is 0.0891 e. The van der Waals surface area contributed by atoms with Gasteiger partial charge in [-0.15, -0.1) is 0 Å². The van der Waals surface area contributed by atoms with E-state index in [0.29, 0.717) is 0 Å². The van der Waals surface area contributed by atoms with Gasteiger partial charge in [0.05, 0.1) is 11.6 Å². The van der Waals surface area contributed by atoms with Crippen LogP contribution in [0.1, 0.15) is 18.4 Å².